The number of benzene rings is 6. The van der Waals surface area contributed by atoms with Crippen LogP contribution in [0.1, 0.15) is 113 Å². The minimum atomic E-state index is -0.0787. The summed E-state index contributed by atoms with van der Waals surface area (Å²) in [6, 6.07) is 50.1. The summed E-state index contributed by atoms with van der Waals surface area (Å²) in [5.74, 6) is 3.44. The molecule has 1 aliphatic heterocycles. The van der Waals surface area contributed by atoms with Gasteiger partial charge in [-0.1, -0.05) is 144 Å². The van der Waals surface area contributed by atoms with Crippen LogP contribution in [0.4, 0.5) is 17.1 Å². The minimum absolute atomic E-state index is 0.0501. The molecule has 4 saturated carbocycles. The number of hydrogen-bond acceptors (Lipinski definition) is 2. The van der Waals surface area contributed by atoms with Crippen molar-refractivity contribution in [2.75, 3.05) is 4.90 Å². The van der Waals surface area contributed by atoms with Crippen LogP contribution in [0.3, 0.4) is 0 Å². The smallest absolute Gasteiger partial charge is 0.0502 e. The van der Waals surface area contributed by atoms with Crippen molar-refractivity contribution in [1.29, 1.82) is 0 Å². The second kappa shape index (κ2) is 11.4. The van der Waals surface area contributed by atoms with Crippen molar-refractivity contribution in [3.8, 4) is 22.3 Å². The number of nitrogens with zero attached hydrogens (tertiary/aromatic N) is 1. The third kappa shape index (κ3) is 4.30. The van der Waals surface area contributed by atoms with Gasteiger partial charge in [0.05, 0.1) is 5.69 Å². The van der Waals surface area contributed by atoms with Crippen LogP contribution in [0, 0.1) is 29.1 Å². The van der Waals surface area contributed by atoms with Crippen molar-refractivity contribution >= 4 is 28.8 Å². The van der Waals surface area contributed by atoms with Gasteiger partial charge in [-0.2, -0.15) is 0 Å². The van der Waals surface area contributed by atoms with E-state index in [1.807, 2.05) is 11.8 Å². The van der Waals surface area contributed by atoms with Crippen LogP contribution < -0.4 is 4.90 Å². The van der Waals surface area contributed by atoms with Gasteiger partial charge in [0.15, 0.2) is 0 Å². The molecule has 6 unspecified atom stereocenters. The van der Waals surface area contributed by atoms with Crippen molar-refractivity contribution in [1.82, 2.24) is 0 Å². The van der Waals surface area contributed by atoms with E-state index < -0.39 is 0 Å². The highest BCUT2D eigenvalue weighted by atomic mass is 32.2. The van der Waals surface area contributed by atoms with Gasteiger partial charge >= 0.3 is 0 Å². The SMILES string of the molecule is CC1(C)CCC(C)(C)c2c(N(c3ccc4c(c3)Sc3cc(-c5ccccc5)ccc3C43C4CC5CC6CC3C64C5)c3ccc4c(c3)C(C)(C)c3ccccc3-4)cccc21. The second-order valence-corrected chi connectivity index (χ2v) is 22.7. The highest BCUT2D eigenvalue weighted by Crippen LogP contribution is 2.89. The van der Waals surface area contributed by atoms with E-state index in [-0.39, 0.29) is 21.7 Å². The number of hydrogen-bond donors (Lipinski definition) is 0. The van der Waals surface area contributed by atoms with Gasteiger partial charge in [0, 0.05) is 32.0 Å². The third-order valence-electron chi connectivity index (χ3n) is 17.8. The van der Waals surface area contributed by atoms with Crippen LogP contribution in [0.25, 0.3) is 22.3 Å². The molecular weight excluding hydrogens is 731 g/mol. The van der Waals surface area contributed by atoms with E-state index in [1.54, 1.807) is 11.1 Å². The van der Waals surface area contributed by atoms with Gasteiger partial charge in [-0.25, -0.2) is 0 Å². The van der Waals surface area contributed by atoms with Gasteiger partial charge in [-0.15, -0.1) is 0 Å². The average Bonchev–Trinajstić information content (AvgIpc) is 3.85. The lowest BCUT2D eigenvalue weighted by atomic mass is 9.26. The van der Waals surface area contributed by atoms with Gasteiger partial charge in [0.2, 0.25) is 0 Å². The molecule has 294 valence electrons. The third-order valence-corrected chi connectivity index (χ3v) is 18.9. The molecule has 6 aromatic carbocycles. The number of rotatable bonds is 4. The van der Waals surface area contributed by atoms with Crippen LogP contribution in [0.2, 0.25) is 0 Å². The molecule has 13 rings (SSSR count). The average molecular weight is 786 g/mol. The van der Waals surface area contributed by atoms with Crippen molar-refractivity contribution < 1.29 is 0 Å². The normalized spacial score (nSPS) is 29.6. The van der Waals surface area contributed by atoms with Crippen molar-refractivity contribution in [3.05, 3.63) is 161 Å². The van der Waals surface area contributed by atoms with Gasteiger partial charge in [0.25, 0.3) is 0 Å². The maximum Gasteiger partial charge on any atom is 0.0502 e. The predicted molar refractivity (Wildman–Crippen MR) is 246 cm³/mol. The van der Waals surface area contributed by atoms with Gasteiger partial charge in [-0.05, 0) is 170 Å². The molecule has 59 heavy (non-hydrogen) atoms. The zero-order chi connectivity index (χ0) is 39.8. The maximum absolute atomic E-state index is 2.67. The molecule has 0 radical (unpaired) electrons. The largest absolute Gasteiger partial charge is 0.310 e. The molecule has 2 bridgehead atoms. The summed E-state index contributed by atoms with van der Waals surface area (Å²) in [4.78, 5) is 5.63. The summed E-state index contributed by atoms with van der Waals surface area (Å²) >= 11 is 2.05. The van der Waals surface area contributed by atoms with Crippen LogP contribution in [-0.4, -0.2) is 0 Å². The first-order valence-electron chi connectivity index (χ1n) is 22.6. The Morgan fingerprint density at radius 3 is 2.03 bits per heavy atom. The Balaban J connectivity index is 1.03. The lowest BCUT2D eigenvalue weighted by Gasteiger charge is -2.78. The van der Waals surface area contributed by atoms with E-state index >= 15 is 0 Å². The summed E-state index contributed by atoms with van der Waals surface area (Å²) in [6.45, 7) is 14.8. The zero-order valence-corrected chi connectivity index (χ0v) is 36.3. The Labute approximate surface area is 355 Å². The first kappa shape index (κ1) is 35.2. The van der Waals surface area contributed by atoms with E-state index in [0.29, 0.717) is 5.41 Å². The van der Waals surface area contributed by atoms with Crippen molar-refractivity contribution in [3.63, 3.8) is 0 Å². The molecule has 1 heterocycles. The van der Waals surface area contributed by atoms with E-state index in [0.717, 1.165) is 23.7 Å². The molecule has 2 heteroatoms. The summed E-state index contributed by atoms with van der Waals surface area (Å²) < 4.78 is 0. The summed E-state index contributed by atoms with van der Waals surface area (Å²) in [6.07, 6.45) is 8.20. The van der Waals surface area contributed by atoms with E-state index in [2.05, 4.69) is 174 Å². The van der Waals surface area contributed by atoms with E-state index in [4.69, 9.17) is 0 Å². The maximum atomic E-state index is 2.67. The highest BCUT2D eigenvalue weighted by molar-refractivity contribution is 7.99. The Morgan fingerprint density at radius 2 is 1.20 bits per heavy atom. The standard InChI is InChI=1S/C57H55NS/c1-53(2)25-26-54(3,4)52-45(53)17-12-18-47(52)58(38-20-22-41-40-15-10-11-16-42(40)55(5,6)46(41)31-38)39-21-24-44-49(32-39)59-48-29-36(35-13-8-7-9-14-35)19-23-43(48)57(44)50-28-34-27-37-30-51(57)56(37,50)33-34/h7-24,29,31-32,34,37,50-51H,25-28,30,33H2,1-6H3. The monoisotopic (exact) mass is 785 g/mol. The second-order valence-electron chi connectivity index (χ2n) is 21.6. The van der Waals surface area contributed by atoms with Gasteiger partial charge < -0.3 is 4.90 Å². The van der Waals surface area contributed by atoms with E-state index in [9.17, 15) is 0 Å². The topological polar surface area (TPSA) is 3.24 Å². The molecule has 0 aromatic heterocycles. The van der Waals surface area contributed by atoms with E-state index in [1.165, 1.54) is 110 Å². The molecule has 6 atom stereocenters. The zero-order valence-electron chi connectivity index (χ0n) is 35.5. The fraction of sp³-hybridized carbons (Fsp3) is 0.368. The Morgan fingerprint density at radius 1 is 0.525 bits per heavy atom. The molecule has 1 nitrogen and oxygen atoms in total. The fourth-order valence-electron chi connectivity index (χ4n) is 15.2. The lowest BCUT2D eigenvalue weighted by molar-refractivity contribution is -0.235. The fourth-order valence-corrected chi connectivity index (χ4v) is 16.5. The van der Waals surface area contributed by atoms with Crippen molar-refractivity contribution in [2.24, 2.45) is 29.1 Å². The van der Waals surface area contributed by atoms with Crippen LogP contribution in [0.15, 0.2) is 137 Å². The molecular formula is C57H55NS. The molecule has 7 aliphatic rings. The Bertz CT molecular complexity index is 2790. The molecule has 0 N–H and O–H groups in total. The first-order valence-corrected chi connectivity index (χ1v) is 23.5. The molecule has 2 spiro atoms. The molecule has 4 fully saturated rings. The van der Waals surface area contributed by atoms with Crippen LogP contribution in [0.5, 0.6) is 0 Å². The summed E-state index contributed by atoms with van der Waals surface area (Å²) in [7, 11) is 0. The van der Waals surface area contributed by atoms with Crippen molar-refractivity contribution in [2.45, 2.75) is 112 Å². The van der Waals surface area contributed by atoms with Crippen LogP contribution >= 0.6 is 11.8 Å². The summed E-state index contributed by atoms with van der Waals surface area (Å²) in [5, 5.41) is 0. The lowest BCUT2D eigenvalue weighted by Crippen LogP contribution is -2.74. The quantitative estimate of drug-likeness (QED) is 0.175. The molecule has 6 aliphatic carbocycles. The Hall–Kier alpha value is -4.53. The number of anilines is 3. The Kier molecular flexibility index (Phi) is 6.83. The molecule has 0 amide bonds. The molecule has 0 saturated heterocycles. The summed E-state index contributed by atoms with van der Waals surface area (Å²) in [5.41, 5.74) is 19.2. The highest BCUT2D eigenvalue weighted by Gasteiger charge is 2.84. The number of fused-ring (bicyclic) bond motifs is 11. The minimum Gasteiger partial charge on any atom is -0.310 e. The van der Waals surface area contributed by atoms with Gasteiger partial charge in [-0.3, -0.25) is 0 Å². The molecule has 6 aromatic rings. The predicted octanol–water partition coefficient (Wildman–Crippen LogP) is 15.3. The van der Waals surface area contributed by atoms with Crippen LogP contribution in [-0.2, 0) is 21.7 Å². The first-order chi connectivity index (χ1) is 28.4. The van der Waals surface area contributed by atoms with Gasteiger partial charge in [0.1, 0.15) is 0 Å².